The van der Waals surface area contributed by atoms with Crippen LogP contribution in [0, 0.1) is 13.8 Å². The predicted molar refractivity (Wildman–Crippen MR) is 104 cm³/mol. The molecule has 0 unspecified atom stereocenters. The first-order chi connectivity index (χ1) is 12.5. The van der Waals surface area contributed by atoms with Crippen molar-refractivity contribution in [2.24, 2.45) is 10.2 Å². The maximum Gasteiger partial charge on any atom is 0.258 e. The van der Waals surface area contributed by atoms with Crippen molar-refractivity contribution in [3.05, 3.63) is 82.6 Å². The van der Waals surface area contributed by atoms with E-state index in [-0.39, 0.29) is 11.1 Å². The Morgan fingerprint density at radius 2 is 1.73 bits per heavy atom. The molecule has 0 aliphatic rings. The highest BCUT2D eigenvalue weighted by Gasteiger charge is 2.13. The number of aryl methyl sites for hydroxylation is 2. The minimum absolute atomic E-state index is 0.153. The van der Waals surface area contributed by atoms with Crippen molar-refractivity contribution in [2.45, 2.75) is 13.8 Å². The number of nitrogens with one attached hydrogen (secondary N) is 1. The summed E-state index contributed by atoms with van der Waals surface area (Å²) in [5, 5.41) is 11.5. The number of rotatable bonds is 4. The topological polar surface area (TPSA) is 66.7 Å². The highest BCUT2D eigenvalue weighted by Crippen LogP contribution is 2.29. The van der Waals surface area contributed by atoms with E-state index in [0.29, 0.717) is 16.9 Å². The van der Waals surface area contributed by atoms with Crippen molar-refractivity contribution in [1.29, 1.82) is 0 Å². The number of hydrogen-bond acceptors (Lipinski definition) is 4. The molecule has 5 nitrogen and oxygen atoms in total. The van der Waals surface area contributed by atoms with Crippen LogP contribution >= 0.6 is 11.6 Å². The summed E-state index contributed by atoms with van der Waals surface area (Å²) in [4.78, 5) is 16.4. The van der Waals surface area contributed by atoms with Crippen LogP contribution in [-0.2, 0) is 0 Å². The van der Waals surface area contributed by atoms with Gasteiger partial charge < -0.3 is 5.32 Å². The van der Waals surface area contributed by atoms with Crippen molar-refractivity contribution in [3.8, 4) is 0 Å². The average Bonchev–Trinajstić information content (AvgIpc) is 2.63. The van der Waals surface area contributed by atoms with Crippen molar-refractivity contribution in [2.75, 3.05) is 5.32 Å². The normalized spacial score (nSPS) is 10.9. The van der Waals surface area contributed by atoms with Gasteiger partial charge in [0.15, 0.2) is 0 Å². The summed E-state index contributed by atoms with van der Waals surface area (Å²) in [5.41, 5.74) is 4.33. The van der Waals surface area contributed by atoms with Crippen molar-refractivity contribution >= 4 is 34.6 Å². The van der Waals surface area contributed by atoms with Gasteiger partial charge in [0.2, 0.25) is 0 Å². The number of carbonyl (C=O) groups is 1. The highest BCUT2D eigenvalue weighted by molar-refractivity contribution is 6.33. The number of anilines is 1. The third-order valence-electron chi connectivity index (χ3n) is 3.71. The number of hydrogen-bond donors (Lipinski definition) is 1. The average molecular weight is 365 g/mol. The molecule has 2 aromatic carbocycles. The summed E-state index contributed by atoms with van der Waals surface area (Å²) in [6.07, 6.45) is 1.53. The van der Waals surface area contributed by atoms with Gasteiger partial charge in [0.25, 0.3) is 5.91 Å². The number of carbonyl (C=O) groups excluding carboxylic acids is 1. The van der Waals surface area contributed by atoms with Crippen LogP contribution in [0.1, 0.15) is 21.5 Å². The maximum absolute atomic E-state index is 12.5. The van der Waals surface area contributed by atoms with E-state index < -0.39 is 0 Å². The molecule has 0 spiro atoms. The summed E-state index contributed by atoms with van der Waals surface area (Å²) < 4.78 is 0. The van der Waals surface area contributed by atoms with Gasteiger partial charge in [-0.1, -0.05) is 35.4 Å². The van der Waals surface area contributed by atoms with E-state index in [1.54, 1.807) is 18.2 Å². The van der Waals surface area contributed by atoms with Gasteiger partial charge in [0.1, 0.15) is 10.8 Å². The van der Waals surface area contributed by atoms with Crippen LogP contribution in [0.3, 0.4) is 0 Å². The van der Waals surface area contributed by atoms with Crippen LogP contribution in [0.5, 0.6) is 0 Å². The lowest BCUT2D eigenvalue weighted by molar-refractivity contribution is 0.102. The predicted octanol–water partition coefficient (Wildman–Crippen LogP) is 6.02. The zero-order chi connectivity index (χ0) is 18.5. The summed E-state index contributed by atoms with van der Waals surface area (Å²) in [6.45, 7) is 3.97. The number of aromatic nitrogens is 1. The standard InChI is InChI=1S/C20H17ClN4O/c1-13-5-8-15(9-6-13)24-25-18-12-14(2)7-10-17(18)23-20(26)16-4-3-11-22-19(16)21/h3-12H,1-2H3,(H,23,26). The van der Waals surface area contributed by atoms with Gasteiger partial charge >= 0.3 is 0 Å². The fraction of sp³-hybridized carbons (Fsp3) is 0.100. The molecule has 6 heteroatoms. The second-order valence-electron chi connectivity index (χ2n) is 5.85. The summed E-state index contributed by atoms with van der Waals surface area (Å²) >= 11 is 5.99. The van der Waals surface area contributed by atoms with Gasteiger partial charge in [-0.2, -0.15) is 5.11 Å². The first-order valence-corrected chi connectivity index (χ1v) is 8.41. The lowest BCUT2D eigenvalue weighted by Crippen LogP contribution is -2.13. The van der Waals surface area contributed by atoms with Gasteiger partial charge in [-0.05, 0) is 55.8 Å². The molecule has 0 aliphatic heterocycles. The van der Waals surface area contributed by atoms with Crippen molar-refractivity contribution < 1.29 is 4.79 Å². The van der Waals surface area contributed by atoms with E-state index in [1.165, 1.54) is 6.20 Å². The second-order valence-corrected chi connectivity index (χ2v) is 6.21. The fourth-order valence-corrected chi connectivity index (χ4v) is 2.50. The minimum atomic E-state index is -0.348. The maximum atomic E-state index is 12.5. The minimum Gasteiger partial charge on any atom is -0.320 e. The molecule has 130 valence electrons. The molecular formula is C20H17ClN4O. The third kappa shape index (κ3) is 4.32. The molecule has 0 saturated carbocycles. The van der Waals surface area contributed by atoms with Crippen LogP contribution < -0.4 is 5.32 Å². The number of azo groups is 1. The van der Waals surface area contributed by atoms with Crippen LogP contribution in [0.2, 0.25) is 5.15 Å². The Morgan fingerprint density at radius 3 is 2.46 bits per heavy atom. The van der Waals surface area contributed by atoms with E-state index in [0.717, 1.165) is 16.8 Å². The first kappa shape index (κ1) is 17.8. The molecule has 3 rings (SSSR count). The third-order valence-corrected chi connectivity index (χ3v) is 4.01. The SMILES string of the molecule is Cc1ccc(N=Nc2cc(C)ccc2NC(=O)c2cccnc2Cl)cc1. The van der Waals surface area contributed by atoms with Gasteiger partial charge in [0.05, 0.1) is 16.9 Å². The first-order valence-electron chi connectivity index (χ1n) is 8.04. The molecule has 0 fully saturated rings. The Morgan fingerprint density at radius 1 is 1.00 bits per heavy atom. The monoisotopic (exact) mass is 364 g/mol. The zero-order valence-corrected chi connectivity index (χ0v) is 15.2. The van der Waals surface area contributed by atoms with Gasteiger partial charge in [0, 0.05) is 6.20 Å². The highest BCUT2D eigenvalue weighted by atomic mass is 35.5. The lowest BCUT2D eigenvalue weighted by Gasteiger charge is -2.09. The summed E-state index contributed by atoms with van der Waals surface area (Å²) in [5.74, 6) is -0.348. The smallest absolute Gasteiger partial charge is 0.258 e. The van der Waals surface area contributed by atoms with E-state index in [4.69, 9.17) is 11.6 Å². The Labute approximate surface area is 156 Å². The molecule has 0 aliphatic carbocycles. The fourth-order valence-electron chi connectivity index (χ4n) is 2.30. The zero-order valence-electron chi connectivity index (χ0n) is 14.4. The lowest BCUT2D eigenvalue weighted by atomic mass is 10.2. The van der Waals surface area contributed by atoms with Crippen LogP contribution in [-0.4, -0.2) is 10.9 Å². The molecular weight excluding hydrogens is 348 g/mol. The molecule has 0 saturated heterocycles. The molecule has 1 amide bonds. The number of nitrogens with zero attached hydrogens (tertiary/aromatic N) is 3. The summed E-state index contributed by atoms with van der Waals surface area (Å²) in [7, 11) is 0. The summed E-state index contributed by atoms with van der Waals surface area (Å²) in [6, 6.07) is 16.5. The quantitative estimate of drug-likeness (QED) is 0.454. The van der Waals surface area contributed by atoms with Crippen LogP contribution in [0.25, 0.3) is 0 Å². The Kier molecular flexibility index (Phi) is 5.39. The van der Waals surface area contributed by atoms with E-state index in [1.807, 2.05) is 50.2 Å². The van der Waals surface area contributed by atoms with Crippen LogP contribution in [0.15, 0.2) is 71.0 Å². The Bertz CT molecular complexity index is 968. The molecule has 0 bridgehead atoms. The van der Waals surface area contributed by atoms with E-state index in [2.05, 4.69) is 20.5 Å². The molecule has 1 heterocycles. The number of benzene rings is 2. The Balaban J connectivity index is 1.87. The van der Waals surface area contributed by atoms with E-state index in [9.17, 15) is 4.79 Å². The van der Waals surface area contributed by atoms with Gasteiger partial charge in [-0.25, -0.2) is 4.98 Å². The molecule has 0 atom stereocenters. The molecule has 0 radical (unpaired) electrons. The van der Waals surface area contributed by atoms with E-state index >= 15 is 0 Å². The molecule has 1 N–H and O–H groups in total. The molecule has 3 aromatic rings. The van der Waals surface area contributed by atoms with Gasteiger partial charge in [-0.3, -0.25) is 4.79 Å². The van der Waals surface area contributed by atoms with Gasteiger partial charge in [-0.15, -0.1) is 5.11 Å². The van der Waals surface area contributed by atoms with Crippen molar-refractivity contribution in [1.82, 2.24) is 4.98 Å². The largest absolute Gasteiger partial charge is 0.320 e. The second kappa shape index (κ2) is 7.89. The van der Waals surface area contributed by atoms with Crippen molar-refractivity contribution in [3.63, 3.8) is 0 Å². The molecule has 26 heavy (non-hydrogen) atoms. The number of pyridine rings is 1. The number of amides is 1. The van der Waals surface area contributed by atoms with Crippen LogP contribution in [0.4, 0.5) is 17.1 Å². The Hall–Kier alpha value is -3.05. The molecule has 1 aromatic heterocycles. The number of halogens is 1.